The highest BCUT2D eigenvalue weighted by molar-refractivity contribution is 5.93. The fraction of sp³-hybridized carbons (Fsp3) is 0.357. The van der Waals surface area contributed by atoms with Gasteiger partial charge >= 0.3 is 0 Å². The third-order valence-electron chi connectivity index (χ3n) is 6.38. The maximum absolute atomic E-state index is 14.7. The van der Waals surface area contributed by atoms with Crippen LogP contribution in [0.2, 0.25) is 0 Å². The highest BCUT2D eigenvalue weighted by Gasteiger charge is 2.18. The van der Waals surface area contributed by atoms with Gasteiger partial charge in [-0.25, -0.2) is 14.4 Å². The molecular weight excluding hydrogens is 531 g/mol. The molecule has 216 valence electrons. The molecule has 0 bridgehead atoms. The molecule has 3 aromatic heterocycles. The number of fused-ring (bicyclic) bond motifs is 3. The number of methoxy groups -OCH3 is 3. The second-order valence-corrected chi connectivity index (χ2v) is 10.1. The van der Waals surface area contributed by atoms with E-state index >= 15 is 0 Å². The SMILES string of the molecule is COc1ccc(CNc2nc3cc(OC)c(F)cc3c3nc(CCNc4cnn(CC(C)(C)O)c4)nn23)c(OC)c1. The molecule has 0 fully saturated rings. The Morgan fingerprint density at radius 2 is 1.80 bits per heavy atom. The van der Waals surface area contributed by atoms with E-state index in [0.717, 1.165) is 11.3 Å². The first-order chi connectivity index (χ1) is 19.7. The third-order valence-corrected chi connectivity index (χ3v) is 6.38. The molecule has 0 amide bonds. The van der Waals surface area contributed by atoms with E-state index in [1.165, 1.54) is 13.2 Å². The summed E-state index contributed by atoms with van der Waals surface area (Å²) in [5.74, 6) is 1.90. The van der Waals surface area contributed by atoms with Crippen LogP contribution >= 0.6 is 0 Å². The first kappa shape index (κ1) is 27.9. The molecule has 3 N–H and O–H groups in total. The Labute approximate surface area is 236 Å². The largest absolute Gasteiger partial charge is 0.497 e. The van der Waals surface area contributed by atoms with E-state index < -0.39 is 11.4 Å². The second kappa shape index (κ2) is 11.5. The Balaban J connectivity index is 1.42. The number of aliphatic hydroxyl groups is 1. The van der Waals surface area contributed by atoms with Crippen molar-refractivity contribution in [2.75, 3.05) is 38.5 Å². The molecule has 0 atom stereocenters. The average Bonchev–Trinajstić information content (AvgIpc) is 3.57. The molecule has 5 aromatic rings. The summed E-state index contributed by atoms with van der Waals surface area (Å²) in [5.41, 5.74) is 1.81. The summed E-state index contributed by atoms with van der Waals surface area (Å²) < 4.78 is 34.0. The summed E-state index contributed by atoms with van der Waals surface area (Å²) in [7, 11) is 4.61. The van der Waals surface area contributed by atoms with Crippen molar-refractivity contribution in [1.82, 2.24) is 29.4 Å². The summed E-state index contributed by atoms with van der Waals surface area (Å²) in [5, 5.41) is 26.1. The third kappa shape index (κ3) is 6.24. The van der Waals surface area contributed by atoms with Crippen LogP contribution in [0.25, 0.3) is 16.6 Å². The predicted octanol–water partition coefficient (Wildman–Crippen LogP) is 3.68. The number of rotatable bonds is 12. The van der Waals surface area contributed by atoms with Crippen LogP contribution in [-0.4, -0.2) is 67.9 Å². The van der Waals surface area contributed by atoms with Crippen molar-refractivity contribution >= 4 is 28.2 Å². The van der Waals surface area contributed by atoms with Gasteiger partial charge in [-0.3, -0.25) is 4.68 Å². The van der Waals surface area contributed by atoms with Crippen molar-refractivity contribution in [2.45, 2.75) is 39.0 Å². The topological polar surface area (TPSA) is 133 Å². The lowest BCUT2D eigenvalue weighted by Gasteiger charge is -2.16. The predicted molar refractivity (Wildman–Crippen MR) is 152 cm³/mol. The lowest BCUT2D eigenvalue weighted by Crippen LogP contribution is -2.26. The normalized spacial score (nSPS) is 11.7. The average molecular weight is 565 g/mol. The number of aromatic nitrogens is 6. The minimum absolute atomic E-state index is 0.0891. The van der Waals surface area contributed by atoms with E-state index in [1.807, 2.05) is 24.4 Å². The van der Waals surface area contributed by atoms with Crippen molar-refractivity contribution in [3.8, 4) is 17.2 Å². The van der Waals surface area contributed by atoms with Crippen molar-refractivity contribution in [2.24, 2.45) is 0 Å². The molecule has 0 aliphatic rings. The zero-order chi connectivity index (χ0) is 29.1. The fourth-order valence-electron chi connectivity index (χ4n) is 4.46. The van der Waals surface area contributed by atoms with Gasteiger partial charge in [-0.15, -0.1) is 5.10 Å². The molecule has 5 rings (SSSR count). The Bertz CT molecular complexity index is 1680. The molecule has 0 radical (unpaired) electrons. The number of nitrogens with one attached hydrogen (secondary N) is 2. The number of anilines is 2. The first-order valence-corrected chi connectivity index (χ1v) is 13.0. The van der Waals surface area contributed by atoms with E-state index in [9.17, 15) is 9.50 Å². The summed E-state index contributed by atoms with van der Waals surface area (Å²) in [6, 6.07) is 8.48. The Morgan fingerprint density at radius 3 is 2.54 bits per heavy atom. The van der Waals surface area contributed by atoms with Crippen LogP contribution in [0, 0.1) is 5.82 Å². The molecule has 13 heteroatoms. The standard InChI is InChI=1S/C28H33FN8O4/c1-28(2,38)16-36-15-18(14-32-36)30-9-8-25-34-26-20-11-21(29)24(41-5)12-22(20)33-27(37(26)35-25)31-13-17-6-7-19(39-3)10-23(17)40-4/h6-7,10-12,14-15,30,38H,8-9,13,16H2,1-5H3,(H,31,33). The number of ether oxygens (including phenoxy) is 3. The number of hydrogen-bond acceptors (Lipinski definition) is 10. The molecule has 3 heterocycles. The van der Waals surface area contributed by atoms with Crippen LogP contribution in [0.15, 0.2) is 42.7 Å². The number of benzene rings is 2. The van der Waals surface area contributed by atoms with Gasteiger partial charge in [0.1, 0.15) is 11.5 Å². The van der Waals surface area contributed by atoms with Crippen molar-refractivity contribution in [3.05, 3.63) is 59.9 Å². The first-order valence-electron chi connectivity index (χ1n) is 13.0. The van der Waals surface area contributed by atoms with Crippen LogP contribution in [0.4, 0.5) is 16.0 Å². The van der Waals surface area contributed by atoms with Gasteiger partial charge < -0.3 is 30.0 Å². The molecule has 0 aliphatic heterocycles. The van der Waals surface area contributed by atoms with Gasteiger partial charge in [-0.05, 0) is 32.0 Å². The molecule has 0 saturated carbocycles. The Hall–Kier alpha value is -4.65. The minimum atomic E-state index is -0.867. The molecule has 41 heavy (non-hydrogen) atoms. The van der Waals surface area contributed by atoms with Gasteiger partial charge in [0, 0.05) is 48.8 Å². The van der Waals surface area contributed by atoms with Crippen LogP contribution in [-0.2, 0) is 19.5 Å². The number of halogens is 1. The van der Waals surface area contributed by atoms with E-state index in [0.29, 0.717) is 65.9 Å². The smallest absolute Gasteiger partial charge is 0.226 e. The highest BCUT2D eigenvalue weighted by atomic mass is 19.1. The number of hydrogen-bond donors (Lipinski definition) is 3. The van der Waals surface area contributed by atoms with Gasteiger partial charge in [0.25, 0.3) is 0 Å². The summed E-state index contributed by atoms with van der Waals surface area (Å²) in [6.45, 7) is 4.75. The maximum Gasteiger partial charge on any atom is 0.226 e. The molecule has 12 nitrogen and oxygen atoms in total. The lowest BCUT2D eigenvalue weighted by atomic mass is 10.1. The second-order valence-electron chi connectivity index (χ2n) is 10.1. The Morgan fingerprint density at radius 1 is 1.00 bits per heavy atom. The number of nitrogens with zero attached hydrogens (tertiary/aromatic N) is 6. The van der Waals surface area contributed by atoms with Gasteiger partial charge in [0.2, 0.25) is 5.95 Å². The van der Waals surface area contributed by atoms with Gasteiger partial charge in [-0.1, -0.05) is 0 Å². The maximum atomic E-state index is 14.7. The Kier molecular flexibility index (Phi) is 7.79. The minimum Gasteiger partial charge on any atom is -0.497 e. The van der Waals surface area contributed by atoms with E-state index in [4.69, 9.17) is 24.2 Å². The van der Waals surface area contributed by atoms with E-state index in [1.54, 1.807) is 49.5 Å². The molecule has 0 aliphatic carbocycles. The summed E-state index contributed by atoms with van der Waals surface area (Å²) >= 11 is 0. The lowest BCUT2D eigenvalue weighted by molar-refractivity contribution is 0.0577. The molecule has 0 saturated heterocycles. The zero-order valence-electron chi connectivity index (χ0n) is 23.6. The van der Waals surface area contributed by atoms with Crippen LogP contribution < -0.4 is 24.8 Å². The van der Waals surface area contributed by atoms with Crippen LogP contribution in [0.5, 0.6) is 17.2 Å². The summed E-state index contributed by atoms with van der Waals surface area (Å²) in [6.07, 6.45) is 4.02. The molecular formula is C28H33FN8O4. The molecule has 2 aromatic carbocycles. The quantitative estimate of drug-likeness (QED) is 0.206. The van der Waals surface area contributed by atoms with Gasteiger partial charge in [-0.2, -0.15) is 9.61 Å². The zero-order valence-corrected chi connectivity index (χ0v) is 23.6. The monoisotopic (exact) mass is 564 g/mol. The van der Waals surface area contributed by atoms with Crippen molar-refractivity contribution < 1.29 is 23.7 Å². The highest BCUT2D eigenvalue weighted by Crippen LogP contribution is 2.29. The summed E-state index contributed by atoms with van der Waals surface area (Å²) in [4.78, 5) is 9.44. The molecule has 0 unspecified atom stereocenters. The van der Waals surface area contributed by atoms with Gasteiger partial charge in [0.15, 0.2) is 23.0 Å². The van der Waals surface area contributed by atoms with Crippen molar-refractivity contribution in [3.63, 3.8) is 0 Å². The van der Waals surface area contributed by atoms with Crippen LogP contribution in [0.1, 0.15) is 25.2 Å². The van der Waals surface area contributed by atoms with E-state index in [-0.39, 0.29) is 5.75 Å². The van der Waals surface area contributed by atoms with E-state index in [2.05, 4.69) is 20.8 Å². The van der Waals surface area contributed by atoms with Crippen LogP contribution in [0.3, 0.4) is 0 Å². The molecule has 0 spiro atoms. The fourth-order valence-corrected chi connectivity index (χ4v) is 4.46. The van der Waals surface area contributed by atoms with Gasteiger partial charge in [0.05, 0.1) is 50.9 Å². The van der Waals surface area contributed by atoms with Crippen molar-refractivity contribution in [1.29, 1.82) is 0 Å².